The van der Waals surface area contributed by atoms with E-state index in [2.05, 4.69) is 83.1 Å². The first kappa shape index (κ1) is 61.2. The Balaban J connectivity index is -0.00000000500. The summed E-state index contributed by atoms with van der Waals surface area (Å²) in [6, 6.07) is 0. The summed E-state index contributed by atoms with van der Waals surface area (Å²) in [6.07, 6.45) is 0. The molecule has 0 aromatic rings. The molecule has 0 aromatic heterocycles. The molecule has 0 aromatic carbocycles. The van der Waals surface area contributed by atoms with E-state index < -0.39 is 0 Å². The van der Waals surface area contributed by atoms with Crippen molar-refractivity contribution in [3.05, 3.63) is 0 Å². The fraction of sp³-hybridized carbons (Fsp3) is 0. The Morgan fingerprint density at radius 2 is 0.312 bits per heavy atom. The Kier molecular flexibility index (Phi) is 2040. The maximum atomic E-state index is 7.72. The Bertz CT molecular complexity index is 24.7. The SMILES string of the molecule is [Al+3].[O-]Cl.[O-]Cl.[O-]Cl.[O-]Cl.[O-]Cl.[O-]Cl.[O-]Cl.[Zr+4]. The third kappa shape index (κ3) is 448. The summed E-state index contributed by atoms with van der Waals surface area (Å²) in [4.78, 5) is 0. The molecule has 0 aliphatic carbocycles. The first-order valence-electron chi connectivity index (χ1n) is 1.08. The van der Waals surface area contributed by atoms with Crippen molar-refractivity contribution < 1.29 is 58.8 Å². The maximum Gasteiger partial charge on any atom is 4.00 e. The van der Waals surface area contributed by atoms with Crippen molar-refractivity contribution >= 4 is 100 Å². The van der Waals surface area contributed by atoms with Crippen LogP contribution in [0.15, 0.2) is 0 Å². The molecule has 7 nitrogen and oxygen atoms in total. The predicted octanol–water partition coefficient (Wildman–Crippen LogP) is -3.88. The molecule has 0 aliphatic heterocycles. The van der Waals surface area contributed by atoms with Gasteiger partial charge in [-0.1, -0.05) is 0 Å². The van der Waals surface area contributed by atoms with Crippen molar-refractivity contribution in [3.8, 4) is 0 Å². The molecule has 0 spiro atoms. The van der Waals surface area contributed by atoms with E-state index in [0.29, 0.717) is 0 Å². The molecule has 98 valence electrons. The zero-order valence-electron chi connectivity index (χ0n) is 6.58. The summed E-state index contributed by atoms with van der Waals surface area (Å²) < 4.78 is 54.1. The largest absolute Gasteiger partial charge is 4.00 e. The fourth-order valence-corrected chi connectivity index (χ4v) is 0. The van der Waals surface area contributed by atoms with Gasteiger partial charge in [-0.25, -0.2) is 83.1 Å². The molecular formula is AlCl7O7Zr. The molecule has 0 aliphatic rings. The summed E-state index contributed by atoms with van der Waals surface area (Å²) in [5.41, 5.74) is 0. The van der Waals surface area contributed by atoms with Gasteiger partial charge in [-0.05, 0) is 0 Å². The molecule has 0 unspecified atom stereocenters. The summed E-state index contributed by atoms with van der Waals surface area (Å²) in [5, 5.41) is 0. The van der Waals surface area contributed by atoms with Gasteiger partial charge in [0.15, 0.2) is 0 Å². The van der Waals surface area contributed by atoms with Gasteiger partial charge in [0.1, 0.15) is 0 Å². The van der Waals surface area contributed by atoms with Gasteiger partial charge in [0.25, 0.3) is 0 Å². The third-order valence-electron chi connectivity index (χ3n) is 0. The van der Waals surface area contributed by atoms with Gasteiger partial charge in [0, 0.05) is 0 Å². The van der Waals surface area contributed by atoms with Crippen LogP contribution < -0.4 is 32.6 Å². The van der Waals surface area contributed by atoms with Crippen LogP contribution in [0.3, 0.4) is 0 Å². The topological polar surface area (TPSA) is 161 Å². The Labute approximate surface area is 157 Å². The second kappa shape index (κ2) is 534. The molecule has 16 heavy (non-hydrogen) atoms. The van der Waals surface area contributed by atoms with Crippen LogP contribution in [0, 0.1) is 0 Å². The molecule has 0 heterocycles. The smallest absolute Gasteiger partial charge is 0.769 e. The minimum Gasteiger partial charge on any atom is -0.769 e. The standard InChI is InChI=1S/Al.7ClO.Zr/c;7*1-2;/q+3;7*-1;+4. The van der Waals surface area contributed by atoms with E-state index in [1.54, 1.807) is 0 Å². The van der Waals surface area contributed by atoms with Crippen LogP contribution in [0.2, 0.25) is 0 Å². The summed E-state index contributed by atoms with van der Waals surface area (Å²) in [5.74, 6) is 0. The number of halogens is 7. The van der Waals surface area contributed by atoms with E-state index in [1.165, 1.54) is 0 Å². The minimum absolute atomic E-state index is 0. The number of hydrogen-bond donors (Lipinski definition) is 0. The summed E-state index contributed by atoms with van der Waals surface area (Å²) >= 11 is 23.7. The second-order valence-corrected chi connectivity index (χ2v) is 0. The van der Waals surface area contributed by atoms with E-state index in [1.807, 2.05) is 0 Å². The minimum atomic E-state index is 0. The number of rotatable bonds is 0. The number of hydrogen-bond acceptors (Lipinski definition) is 7. The Morgan fingerprint density at radius 1 is 0.312 bits per heavy atom. The molecule has 0 N–H and O–H groups in total. The first-order valence-corrected chi connectivity index (χ1v) is 3.24. The molecule has 0 atom stereocenters. The van der Waals surface area contributed by atoms with Crippen molar-refractivity contribution in [3.63, 3.8) is 0 Å². The molecule has 0 amide bonds. The monoisotopic (exact) mass is 474 g/mol. The summed E-state index contributed by atoms with van der Waals surface area (Å²) in [7, 11) is 0. The quantitative estimate of drug-likeness (QED) is 0.322. The van der Waals surface area contributed by atoms with Crippen molar-refractivity contribution in [2.75, 3.05) is 0 Å². The fourth-order valence-electron chi connectivity index (χ4n) is 0. The molecule has 0 saturated heterocycles. The molecule has 0 rings (SSSR count). The normalized spacial score (nSPS) is 2.62. The van der Waals surface area contributed by atoms with Gasteiger partial charge in [-0.15, -0.1) is 0 Å². The second-order valence-electron chi connectivity index (χ2n) is 0. The molecule has 0 fully saturated rings. The van der Waals surface area contributed by atoms with E-state index >= 15 is 0 Å². The van der Waals surface area contributed by atoms with Crippen molar-refractivity contribution in [1.82, 2.24) is 0 Å². The molecule has 0 bridgehead atoms. The first-order chi connectivity index (χ1) is 7.00. The van der Waals surface area contributed by atoms with E-state index in [4.69, 9.17) is 32.6 Å². The van der Waals surface area contributed by atoms with Crippen LogP contribution in [0.5, 0.6) is 0 Å². The zero-order valence-corrected chi connectivity index (χ0v) is 15.5. The van der Waals surface area contributed by atoms with Crippen molar-refractivity contribution in [2.24, 2.45) is 0 Å². The van der Waals surface area contributed by atoms with E-state index in [9.17, 15) is 0 Å². The Morgan fingerprint density at radius 3 is 0.312 bits per heavy atom. The maximum absolute atomic E-state index is 7.72. The molecule has 0 radical (unpaired) electrons. The van der Waals surface area contributed by atoms with Crippen molar-refractivity contribution in [1.29, 1.82) is 0 Å². The van der Waals surface area contributed by atoms with Crippen LogP contribution in [-0.2, 0) is 26.2 Å². The van der Waals surface area contributed by atoms with Gasteiger partial charge < -0.3 is 32.6 Å². The van der Waals surface area contributed by atoms with Crippen LogP contribution in [0.25, 0.3) is 0 Å². The average molecular weight is 478 g/mol. The van der Waals surface area contributed by atoms with Gasteiger partial charge in [-0.2, -0.15) is 0 Å². The van der Waals surface area contributed by atoms with Gasteiger partial charge in [-0.3, -0.25) is 0 Å². The Hall–Kier alpha value is 3.17. The van der Waals surface area contributed by atoms with Crippen molar-refractivity contribution in [2.45, 2.75) is 0 Å². The van der Waals surface area contributed by atoms with Gasteiger partial charge >= 0.3 is 43.6 Å². The zero-order chi connectivity index (χ0) is 14.0. The van der Waals surface area contributed by atoms with Crippen LogP contribution in [0.1, 0.15) is 0 Å². The van der Waals surface area contributed by atoms with E-state index in [-0.39, 0.29) is 43.6 Å². The van der Waals surface area contributed by atoms with Crippen LogP contribution >= 0.6 is 83.1 Å². The van der Waals surface area contributed by atoms with Gasteiger partial charge in [0.05, 0.1) is 0 Å². The molecule has 16 heteroatoms. The third-order valence-corrected chi connectivity index (χ3v) is 0. The predicted molar refractivity (Wildman–Crippen MR) is 46.7 cm³/mol. The van der Waals surface area contributed by atoms with Gasteiger partial charge in [0.2, 0.25) is 0 Å². The van der Waals surface area contributed by atoms with E-state index in [0.717, 1.165) is 0 Å². The van der Waals surface area contributed by atoms with Crippen LogP contribution in [-0.4, -0.2) is 17.4 Å². The van der Waals surface area contributed by atoms with Crippen LogP contribution in [0.4, 0.5) is 0 Å². The average Bonchev–Trinajstić information content (AvgIpc) is 2.45. The summed E-state index contributed by atoms with van der Waals surface area (Å²) in [6.45, 7) is 0. The molecule has 0 saturated carbocycles. The molecular weight excluding hydrogens is 478 g/mol.